The van der Waals surface area contributed by atoms with E-state index in [-0.39, 0.29) is 45.6 Å². The lowest BCUT2D eigenvalue weighted by molar-refractivity contribution is -0.139. The van der Waals surface area contributed by atoms with Gasteiger partial charge in [-0.2, -0.15) is 0 Å². The van der Waals surface area contributed by atoms with Crippen LogP contribution in [0.15, 0.2) is 70.0 Å². The van der Waals surface area contributed by atoms with Crippen LogP contribution in [0.25, 0.3) is 0 Å². The van der Waals surface area contributed by atoms with Crippen molar-refractivity contribution in [2.45, 2.75) is 56.1 Å². The molecule has 0 radical (unpaired) electrons. The van der Waals surface area contributed by atoms with Crippen LogP contribution in [-0.4, -0.2) is 65.1 Å². The number of carbonyl (C=O) groups is 2. The van der Waals surface area contributed by atoms with Gasteiger partial charge in [0.25, 0.3) is 10.0 Å². The van der Waals surface area contributed by atoms with Gasteiger partial charge in [-0.3, -0.25) is 13.9 Å². The summed E-state index contributed by atoms with van der Waals surface area (Å²) in [6.07, 6.45) is 3.82. The van der Waals surface area contributed by atoms with E-state index < -0.39 is 28.5 Å². The summed E-state index contributed by atoms with van der Waals surface area (Å²) in [5, 5.41) is 3.30. The molecule has 13 heteroatoms. The van der Waals surface area contributed by atoms with Gasteiger partial charge in [0.15, 0.2) is 11.5 Å². The Balaban J connectivity index is 1.78. The Morgan fingerprint density at radius 2 is 1.62 bits per heavy atom. The number of nitrogens with one attached hydrogen (secondary N) is 1. The van der Waals surface area contributed by atoms with Gasteiger partial charge in [-0.05, 0) is 67.8 Å². The van der Waals surface area contributed by atoms with Crippen LogP contribution in [0.1, 0.15) is 38.2 Å². The van der Waals surface area contributed by atoms with E-state index in [0.29, 0.717) is 5.75 Å². The Kier molecular flexibility index (Phi) is 11.6. The Morgan fingerprint density at radius 1 is 0.956 bits per heavy atom. The Labute approximate surface area is 277 Å². The van der Waals surface area contributed by atoms with Crippen LogP contribution in [0, 0.1) is 0 Å². The Bertz CT molecular complexity index is 1630. The second kappa shape index (κ2) is 15.2. The number of sulfonamides is 1. The Morgan fingerprint density at radius 3 is 2.27 bits per heavy atom. The van der Waals surface area contributed by atoms with Crippen LogP contribution in [0.5, 0.6) is 17.2 Å². The van der Waals surface area contributed by atoms with Gasteiger partial charge < -0.3 is 24.4 Å². The molecule has 0 saturated heterocycles. The molecule has 1 aliphatic carbocycles. The molecule has 0 aliphatic heterocycles. The van der Waals surface area contributed by atoms with Crippen molar-refractivity contribution in [3.63, 3.8) is 0 Å². The maximum Gasteiger partial charge on any atom is 0.265 e. The summed E-state index contributed by atoms with van der Waals surface area (Å²) in [5.74, 6) is -0.199. The molecular formula is C32H37BrClN3O7S. The van der Waals surface area contributed by atoms with Gasteiger partial charge in [0.2, 0.25) is 11.8 Å². The topological polar surface area (TPSA) is 114 Å². The van der Waals surface area contributed by atoms with Gasteiger partial charge in [-0.15, -0.1) is 0 Å². The highest BCUT2D eigenvalue weighted by atomic mass is 79.9. The van der Waals surface area contributed by atoms with E-state index in [1.165, 1.54) is 56.6 Å². The molecule has 1 fully saturated rings. The number of methoxy groups -OCH3 is 3. The van der Waals surface area contributed by atoms with Crippen molar-refractivity contribution in [1.82, 2.24) is 10.2 Å². The second-order valence-corrected chi connectivity index (χ2v) is 13.9. The van der Waals surface area contributed by atoms with Gasteiger partial charge in [0.1, 0.15) is 18.3 Å². The average Bonchev–Trinajstić information content (AvgIpc) is 3.54. The maximum absolute atomic E-state index is 14.3. The minimum atomic E-state index is -4.43. The lowest BCUT2D eigenvalue weighted by Gasteiger charge is -2.33. The van der Waals surface area contributed by atoms with E-state index in [9.17, 15) is 18.0 Å². The van der Waals surface area contributed by atoms with Crippen molar-refractivity contribution in [3.05, 3.63) is 75.7 Å². The average molecular weight is 723 g/mol. The van der Waals surface area contributed by atoms with E-state index in [1.54, 1.807) is 13.0 Å². The first-order chi connectivity index (χ1) is 21.5. The van der Waals surface area contributed by atoms with Gasteiger partial charge >= 0.3 is 0 Å². The quantitative estimate of drug-likeness (QED) is 0.237. The van der Waals surface area contributed by atoms with Crippen molar-refractivity contribution in [2.24, 2.45) is 0 Å². The number of ether oxygens (including phenoxy) is 3. The van der Waals surface area contributed by atoms with Crippen LogP contribution < -0.4 is 23.8 Å². The highest BCUT2D eigenvalue weighted by molar-refractivity contribution is 9.10. The fourth-order valence-corrected chi connectivity index (χ4v) is 7.33. The number of hydrogen-bond donors (Lipinski definition) is 1. The molecular weight excluding hydrogens is 686 g/mol. The molecule has 2 amide bonds. The van der Waals surface area contributed by atoms with Crippen molar-refractivity contribution < 1.29 is 32.2 Å². The number of carbonyl (C=O) groups excluding carboxylic acids is 2. The molecule has 0 spiro atoms. The fourth-order valence-electron chi connectivity index (χ4n) is 5.28. The molecule has 1 N–H and O–H groups in total. The summed E-state index contributed by atoms with van der Waals surface area (Å²) in [4.78, 5) is 29.0. The number of hydrogen-bond acceptors (Lipinski definition) is 7. The molecule has 0 bridgehead atoms. The normalized spacial score (nSPS) is 14.0. The summed E-state index contributed by atoms with van der Waals surface area (Å²) in [6.45, 7) is 1.06. The largest absolute Gasteiger partial charge is 0.495 e. The molecule has 45 heavy (non-hydrogen) atoms. The Hall–Kier alpha value is -3.48. The number of anilines is 1. The number of amides is 2. The number of nitrogens with zero attached hydrogens (tertiary/aromatic N) is 2. The summed E-state index contributed by atoms with van der Waals surface area (Å²) >= 11 is 9.79. The predicted octanol–water partition coefficient (Wildman–Crippen LogP) is 5.80. The zero-order valence-corrected chi connectivity index (χ0v) is 28.7. The van der Waals surface area contributed by atoms with Crippen LogP contribution >= 0.6 is 27.5 Å². The van der Waals surface area contributed by atoms with Crippen LogP contribution in [0.3, 0.4) is 0 Å². The minimum Gasteiger partial charge on any atom is -0.495 e. The summed E-state index contributed by atoms with van der Waals surface area (Å²) in [6, 6.07) is 15.2. The standard InChI is InChI=1S/C32H37BrClN3O7S/c1-21(32(39)35-25-10-5-6-11-25)36(19-22-8-7-9-23(33)16-22)31(38)20-37(27-17-24(34)12-14-28(27)42-2)45(40,41)26-13-15-29(43-3)30(18-26)44-4/h7-9,12-18,21,25H,5-6,10-11,19-20H2,1-4H3,(H,35,39). The van der Waals surface area contributed by atoms with E-state index >= 15 is 0 Å². The third-order valence-corrected chi connectivity index (χ3v) is 10.2. The van der Waals surface area contributed by atoms with E-state index in [4.69, 9.17) is 25.8 Å². The van der Waals surface area contributed by atoms with Gasteiger partial charge in [0.05, 0.1) is 31.9 Å². The van der Waals surface area contributed by atoms with Crippen molar-refractivity contribution in [2.75, 3.05) is 32.2 Å². The van der Waals surface area contributed by atoms with Crippen LogP contribution in [0.2, 0.25) is 5.02 Å². The minimum absolute atomic E-state index is 0.0421. The summed E-state index contributed by atoms with van der Waals surface area (Å²) < 4.78 is 46.6. The smallest absolute Gasteiger partial charge is 0.265 e. The summed E-state index contributed by atoms with van der Waals surface area (Å²) in [5.41, 5.74) is 0.812. The zero-order chi connectivity index (χ0) is 32.7. The first-order valence-corrected chi connectivity index (χ1v) is 17.0. The highest BCUT2D eigenvalue weighted by Gasteiger charge is 2.35. The lowest BCUT2D eigenvalue weighted by atomic mass is 10.1. The van der Waals surface area contributed by atoms with Gasteiger partial charge in [-0.25, -0.2) is 8.42 Å². The molecule has 10 nitrogen and oxygen atoms in total. The predicted molar refractivity (Wildman–Crippen MR) is 177 cm³/mol. The molecule has 1 atom stereocenters. The van der Waals surface area contributed by atoms with Crippen molar-refractivity contribution >= 4 is 55.1 Å². The molecule has 0 aromatic heterocycles. The van der Waals surface area contributed by atoms with E-state index in [1.807, 2.05) is 24.3 Å². The molecule has 1 unspecified atom stereocenters. The number of rotatable bonds is 13. The van der Waals surface area contributed by atoms with Gasteiger partial charge in [0, 0.05) is 28.1 Å². The SMILES string of the molecule is COc1ccc(S(=O)(=O)N(CC(=O)N(Cc2cccc(Br)c2)C(C)C(=O)NC2CCCC2)c2cc(Cl)ccc2OC)cc1OC. The molecule has 242 valence electrons. The zero-order valence-electron chi connectivity index (χ0n) is 25.6. The third kappa shape index (κ3) is 8.22. The molecule has 1 saturated carbocycles. The van der Waals surface area contributed by atoms with E-state index in [0.717, 1.165) is 40.0 Å². The molecule has 3 aromatic carbocycles. The monoisotopic (exact) mass is 721 g/mol. The molecule has 4 rings (SSSR count). The molecule has 0 heterocycles. The third-order valence-electron chi connectivity index (χ3n) is 7.74. The number of benzene rings is 3. The first-order valence-electron chi connectivity index (χ1n) is 14.4. The van der Waals surface area contributed by atoms with Gasteiger partial charge in [-0.1, -0.05) is 52.5 Å². The first kappa shape index (κ1) is 34.4. The summed E-state index contributed by atoms with van der Waals surface area (Å²) in [7, 11) is -0.198. The van der Waals surface area contributed by atoms with Crippen molar-refractivity contribution in [1.29, 1.82) is 0 Å². The van der Waals surface area contributed by atoms with Crippen molar-refractivity contribution in [3.8, 4) is 17.2 Å². The maximum atomic E-state index is 14.3. The molecule has 1 aliphatic rings. The van der Waals surface area contributed by atoms with E-state index in [2.05, 4.69) is 21.2 Å². The second-order valence-electron chi connectivity index (χ2n) is 10.7. The fraction of sp³-hybridized carbons (Fsp3) is 0.375. The lowest BCUT2D eigenvalue weighted by Crippen LogP contribution is -2.52. The van der Waals surface area contributed by atoms with Crippen LogP contribution in [-0.2, 0) is 26.2 Å². The van der Waals surface area contributed by atoms with Crippen LogP contribution in [0.4, 0.5) is 5.69 Å². The molecule has 3 aromatic rings. The number of halogens is 2. The highest BCUT2D eigenvalue weighted by Crippen LogP contribution is 2.37.